The fraction of sp³-hybridized carbons (Fsp3) is 0.375. The maximum absolute atomic E-state index is 6.24. The Hall–Kier alpha value is -1.61. The number of nitrogens with zero attached hydrogens (tertiary/aromatic N) is 2. The summed E-state index contributed by atoms with van der Waals surface area (Å²) in [7, 11) is 0. The number of rotatable bonds is 3. The summed E-state index contributed by atoms with van der Waals surface area (Å²) in [6, 6.07) is 6.34. The van der Waals surface area contributed by atoms with E-state index in [-0.39, 0.29) is 0 Å². The molecular weight excluding hydrogens is 270 g/mol. The molecule has 0 spiro atoms. The van der Waals surface area contributed by atoms with E-state index < -0.39 is 0 Å². The van der Waals surface area contributed by atoms with Crippen LogP contribution in [0.25, 0.3) is 0 Å². The monoisotopic (exact) mass is 287 g/mol. The van der Waals surface area contributed by atoms with E-state index in [9.17, 15) is 0 Å². The van der Waals surface area contributed by atoms with Crippen molar-refractivity contribution in [3.05, 3.63) is 45.9 Å². The standard InChI is InChI=1S/C16H18ClN3/c1-9-4-5-10(2)13(8-9)18-15-11(3)14(17)19-16(20-15)12-6-7-12/h4-5,8,12H,6-7H2,1-3H3,(H,18,19,20). The van der Waals surface area contributed by atoms with E-state index in [0.717, 1.165) is 22.9 Å². The van der Waals surface area contributed by atoms with Gasteiger partial charge in [0.2, 0.25) is 0 Å². The van der Waals surface area contributed by atoms with Crippen molar-refractivity contribution in [2.75, 3.05) is 5.32 Å². The molecule has 0 amide bonds. The van der Waals surface area contributed by atoms with Crippen LogP contribution >= 0.6 is 11.6 Å². The maximum atomic E-state index is 6.24. The predicted molar refractivity (Wildman–Crippen MR) is 83.0 cm³/mol. The van der Waals surface area contributed by atoms with Crippen LogP contribution in [0.5, 0.6) is 0 Å². The van der Waals surface area contributed by atoms with Gasteiger partial charge in [-0.2, -0.15) is 0 Å². The molecule has 20 heavy (non-hydrogen) atoms. The highest BCUT2D eigenvalue weighted by Gasteiger charge is 2.28. The van der Waals surface area contributed by atoms with Gasteiger partial charge >= 0.3 is 0 Å². The molecule has 3 rings (SSSR count). The number of aryl methyl sites for hydroxylation is 2. The van der Waals surface area contributed by atoms with E-state index >= 15 is 0 Å². The molecule has 0 bridgehead atoms. The molecular formula is C16H18ClN3. The van der Waals surface area contributed by atoms with Crippen LogP contribution in [0.1, 0.15) is 41.3 Å². The molecule has 4 heteroatoms. The van der Waals surface area contributed by atoms with Crippen molar-refractivity contribution in [2.45, 2.75) is 39.5 Å². The number of nitrogens with one attached hydrogen (secondary N) is 1. The van der Waals surface area contributed by atoms with E-state index in [1.165, 1.54) is 24.0 Å². The highest BCUT2D eigenvalue weighted by atomic mass is 35.5. The lowest BCUT2D eigenvalue weighted by Crippen LogP contribution is -2.04. The van der Waals surface area contributed by atoms with Gasteiger partial charge < -0.3 is 5.32 Å². The van der Waals surface area contributed by atoms with Crippen molar-refractivity contribution in [3.8, 4) is 0 Å². The first-order valence-electron chi connectivity index (χ1n) is 6.93. The van der Waals surface area contributed by atoms with Gasteiger partial charge in [-0.15, -0.1) is 0 Å². The molecule has 1 aliphatic rings. The average Bonchev–Trinajstić information content (AvgIpc) is 3.23. The molecule has 3 nitrogen and oxygen atoms in total. The fourth-order valence-corrected chi connectivity index (χ4v) is 2.33. The Morgan fingerprint density at radius 3 is 2.60 bits per heavy atom. The predicted octanol–water partition coefficient (Wildman–Crippen LogP) is 4.68. The number of aromatic nitrogens is 2. The third kappa shape index (κ3) is 2.63. The van der Waals surface area contributed by atoms with Crippen molar-refractivity contribution >= 4 is 23.1 Å². The van der Waals surface area contributed by atoms with Crippen molar-refractivity contribution in [3.63, 3.8) is 0 Å². The molecule has 0 saturated heterocycles. The number of hydrogen-bond donors (Lipinski definition) is 1. The van der Waals surface area contributed by atoms with Crippen LogP contribution in [0.4, 0.5) is 11.5 Å². The van der Waals surface area contributed by atoms with Crippen molar-refractivity contribution < 1.29 is 0 Å². The van der Waals surface area contributed by atoms with Crippen LogP contribution in [0, 0.1) is 20.8 Å². The van der Waals surface area contributed by atoms with Gasteiger partial charge in [0.1, 0.15) is 16.8 Å². The van der Waals surface area contributed by atoms with E-state index in [2.05, 4.69) is 47.3 Å². The lowest BCUT2D eigenvalue weighted by atomic mass is 10.1. The fourth-order valence-electron chi connectivity index (χ4n) is 2.15. The van der Waals surface area contributed by atoms with Crippen molar-refractivity contribution in [1.82, 2.24) is 9.97 Å². The third-order valence-electron chi connectivity index (χ3n) is 3.69. The SMILES string of the molecule is Cc1ccc(C)c(Nc2nc(C3CC3)nc(Cl)c2C)c1. The Labute approximate surface area is 124 Å². The second kappa shape index (κ2) is 5.06. The minimum absolute atomic E-state index is 0.493. The van der Waals surface area contributed by atoms with E-state index in [1.54, 1.807) is 0 Å². The Morgan fingerprint density at radius 2 is 1.90 bits per heavy atom. The summed E-state index contributed by atoms with van der Waals surface area (Å²) in [4.78, 5) is 9.05. The molecule has 1 aromatic heterocycles. The summed E-state index contributed by atoms with van der Waals surface area (Å²) in [5.74, 6) is 2.18. The summed E-state index contributed by atoms with van der Waals surface area (Å²) in [5.41, 5.74) is 4.39. The number of benzene rings is 1. The van der Waals surface area contributed by atoms with E-state index in [4.69, 9.17) is 11.6 Å². The molecule has 2 aromatic rings. The van der Waals surface area contributed by atoms with Crippen LogP contribution < -0.4 is 5.32 Å². The highest BCUT2D eigenvalue weighted by molar-refractivity contribution is 6.30. The smallest absolute Gasteiger partial charge is 0.138 e. The molecule has 0 radical (unpaired) electrons. The zero-order valence-corrected chi connectivity index (χ0v) is 12.8. The minimum Gasteiger partial charge on any atom is -0.340 e. The molecule has 0 atom stereocenters. The van der Waals surface area contributed by atoms with Gasteiger partial charge in [0.25, 0.3) is 0 Å². The van der Waals surface area contributed by atoms with Crippen LogP contribution in [-0.4, -0.2) is 9.97 Å². The quantitative estimate of drug-likeness (QED) is 0.833. The summed E-state index contributed by atoms with van der Waals surface area (Å²) in [6.07, 6.45) is 2.34. The molecule has 1 aliphatic carbocycles. The lowest BCUT2D eigenvalue weighted by molar-refractivity contribution is 0.921. The number of halogens is 1. The van der Waals surface area contributed by atoms with Crippen LogP contribution in [-0.2, 0) is 0 Å². The molecule has 1 heterocycles. The molecule has 104 valence electrons. The van der Waals surface area contributed by atoms with Gasteiger partial charge in [-0.3, -0.25) is 0 Å². The zero-order valence-electron chi connectivity index (χ0n) is 12.0. The van der Waals surface area contributed by atoms with Crippen LogP contribution in [0.15, 0.2) is 18.2 Å². The first kappa shape index (κ1) is 13.4. The number of hydrogen-bond acceptors (Lipinski definition) is 3. The molecule has 0 unspecified atom stereocenters. The van der Waals surface area contributed by atoms with E-state index in [0.29, 0.717) is 11.1 Å². The summed E-state index contributed by atoms with van der Waals surface area (Å²) in [6.45, 7) is 6.12. The summed E-state index contributed by atoms with van der Waals surface area (Å²) < 4.78 is 0. The largest absolute Gasteiger partial charge is 0.340 e. The van der Waals surface area contributed by atoms with Gasteiger partial charge in [0.15, 0.2) is 0 Å². The first-order valence-corrected chi connectivity index (χ1v) is 7.30. The van der Waals surface area contributed by atoms with Crippen LogP contribution in [0.3, 0.4) is 0 Å². The molecule has 0 aliphatic heterocycles. The Bertz CT molecular complexity index is 663. The molecule has 1 saturated carbocycles. The van der Waals surface area contributed by atoms with Crippen LogP contribution in [0.2, 0.25) is 5.15 Å². The molecule has 1 aromatic carbocycles. The summed E-state index contributed by atoms with van der Waals surface area (Å²) in [5, 5.41) is 3.96. The minimum atomic E-state index is 0.493. The second-order valence-corrected chi connectivity index (χ2v) is 5.92. The number of anilines is 2. The zero-order chi connectivity index (χ0) is 14.3. The highest BCUT2D eigenvalue weighted by Crippen LogP contribution is 2.39. The molecule has 1 fully saturated rings. The van der Waals surface area contributed by atoms with Gasteiger partial charge in [-0.05, 0) is 50.8 Å². The van der Waals surface area contributed by atoms with Gasteiger partial charge in [0.05, 0.1) is 0 Å². The van der Waals surface area contributed by atoms with Gasteiger partial charge in [-0.1, -0.05) is 23.7 Å². The normalized spacial score (nSPS) is 14.4. The second-order valence-electron chi connectivity index (χ2n) is 5.56. The van der Waals surface area contributed by atoms with Crippen molar-refractivity contribution in [1.29, 1.82) is 0 Å². The van der Waals surface area contributed by atoms with Gasteiger partial charge in [0, 0.05) is 17.2 Å². The lowest BCUT2D eigenvalue weighted by Gasteiger charge is -2.13. The Kier molecular flexibility index (Phi) is 3.38. The van der Waals surface area contributed by atoms with Gasteiger partial charge in [-0.25, -0.2) is 9.97 Å². The Morgan fingerprint density at radius 1 is 1.15 bits per heavy atom. The topological polar surface area (TPSA) is 37.8 Å². The van der Waals surface area contributed by atoms with E-state index in [1.807, 2.05) is 6.92 Å². The first-order chi connectivity index (χ1) is 9.54. The average molecular weight is 288 g/mol. The van der Waals surface area contributed by atoms with Crippen molar-refractivity contribution in [2.24, 2.45) is 0 Å². The third-order valence-corrected chi connectivity index (χ3v) is 4.06. The Balaban J connectivity index is 1.99. The maximum Gasteiger partial charge on any atom is 0.138 e. The summed E-state index contributed by atoms with van der Waals surface area (Å²) >= 11 is 6.24. The molecule has 1 N–H and O–H groups in total.